The summed E-state index contributed by atoms with van der Waals surface area (Å²) < 4.78 is 0. The van der Waals surface area contributed by atoms with Gasteiger partial charge >= 0.3 is 0 Å². The third kappa shape index (κ3) is 4.57. The molecule has 3 heteroatoms. The molecule has 0 bridgehead atoms. The minimum atomic E-state index is 0.911. The molecule has 100 valence electrons. The topological polar surface area (TPSA) is 18.5 Å². The van der Waals surface area contributed by atoms with Crippen LogP contribution in [0, 0.1) is 11.8 Å². The molecule has 0 amide bonds. The van der Waals surface area contributed by atoms with E-state index < -0.39 is 0 Å². The molecule has 0 aromatic heterocycles. The molecular formula is C14H29N3. The van der Waals surface area contributed by atoms with E-state index in [-0.39, 0.29) is 0 Å². The fourth-order valence-corrected chi connectivity index (χ4v) is 3.31. The Hall–Kier alpha value is -0.120. The van der Waals surface area contributed by atoms with Crippen molar-refractivity contribution in [3.63, 3.8) is 0 Å². The van der Waals surface area contributed by atoms with E-state index in [0.717, 1.165) is 11.8 Å². The Labute approximate surface area is 107 Å². The van der Waals surface area contributed by atoms with Crippen LogP contribution in [-0.4, -0.2) is 63.2 Å². The van der Waals surface area contributed by atoms with Gasteiger partial charge in [-0.25, -0.2) is 0 Å². The average Bonchev–Trinajstić information content (AvgIpc) is 2.32. The number of nitrogens with one attached hydrogen (secondary N) is 1. The van der Waals surface area contributed by atoms with Gasteiger partial charge in [-0.3, -0.25) is 0 Å². The maximum atomic E-state index is 3.53. The highest BCUT2D eigenvalue weighted by Gasteiger charge is 2.22. The zero-order chi connectivity index (χ0) is 12.1. The van der Waals surface area contributed by atoms with Crippen molar-refractivity contribution in [3.05, 3.63) is 0 Å². The molecule has 2 rings (SSSR count). The fourth-order valence-electron chi connectivity index (χ4n) is 3.31. The van der Waals surface area contributed by atoms with Crippen LogP contribution in [0.3, 0.4) is 0 Å². The first kappa shape index (κ1) is 13.3. The third-order valence-corrected chi connectivity index (χ3v) is 4.25. The van der Waals surface area contributed by atoms with Crippen molar-refractivity contribution < 1.29 is 0 Å². The predicted octanol–water partition coefficient (Wildman–Crippen LogP) is 1.26. The predicted molar refractivity (Wildman–Crippen MR) is 73.3 cm³/mol. The third-order valence-electron chi connectivity index (χ3n) is 4.25. The maximum absolute atomic E-state index is 3.53. The van der Waals surface area contributed by atoms with E-state index in [4.69, 9.17) is 0 Å². The van der Waals surface area contributed by atoms with E-state index in [9.17, 15) is 0 Å². The minimum absolute atomic E-state index is 0.911. The second kappa shape index (κ2) is 6.72. The summed E-state index contributed by atoms with van der Waals surface area (Å²) in [7, 11) is 4.39. The molecule has 0 spiro atoms. The molecule has 0 saturated carbocycles. The molecule has 1 unspecified atom stereocenters. The van der Waals surface area contributed by atoms with E-state index >= 15 is 0 Å². The standard InChI is InChI=1S/C14H29N3/c1-16(2)11-13-5-8-17(9-6-13)12-14-4-3-7-15-10-14/h13-15H,3-12H2,1-2H3. The molecule has 2 heterocycles. The molecule has 0 aromatic carbocycles. The van der Waals surface area contributed by atoms with Crippen molar-refractivity contribution in [2.75, 3.05) is 53.4 Å². The summed E-state index contributed by atoms with van der Waals surface area (Å²) in [5.41, 5.74) is 0. The summed E-state index contributed by atoms with van der Waals surface area (Å²) in [5, 5.41) is 3.53. The van der Waals surface area contributed by atoms with Gasteiger partial charge < -0.3 is 15.1 Å². The highest BCUT2D eigenvalue weighted by Crippen LogP contribution is 2.20. The number of hydrogen-bond acceptors (Lipinski definition) is 3. The summed E-state index contributed by atoms with van der Waals surface area (Å²) in [6.07, 6.45) is 5.61. The Morgan fingerprint density at radius 2 is 1.88 bits per heavy atom. The molecule has 2 saturated heterocycles. The molecule has 1 N–H and O–H groups in total. The summed E-state index contributed by atoms with van der Waals surface area (Å²) in [5.74, 6) is 1.85. The molecule has 1 atom stereocenters. The number of nitrogens with zero attached hydrogens (tertiary/aromatic N) is 2. The number of likely N-dealkylation sites (tertiary alicyclic amines) is 1. The van der Waals surface area contributed by atoms with Crippen LogP contribution in [-0.2, 0) is 0 Å². The van der Waals surface area contributed by atoms with E-state index in [2.05, 4.69) is 29.2 Å². The SMILES string of the molecule is CN(C)CC1CCN(CC2CCCNC2)CC1. The van der Waals surface area contributed by atoms with E-state index in [0.29, 0.717) is 0 Å². The molecular weight excluding hydrogens is 210 g/mol. The monoisotopic (exact) mass is 239 g/mol. The van der Waals surface area contributed by atoms with Gasteiger partial charge in [-0.1, -0.05) is 0 Å². The van der Waals surface area contributed by atoms with Gasteiger partial charge in [0.1, 0.15) is 0 Å². The normalized spacial score (nSPS) is 28.8. The van der Waals surface area contributed by atoms with Crippen molar-refractivity contribution in [2.45, 2.75) is 25.7 Å². The van der Waals surface area contributed by atoms with E-state index in [1.54, 1.807) is 0 Å². The van der Waals surface area contributed by atoms with Crippen LogP contribution in [0.2, 0.25) is 0 Å². The van der Waals surface area contributed by atoms with E-state index in [1.165, 1.54) is 65.0 Å². The Kier molecular flexibility index (Phi) is 5.26. The van der Waals surface area contributed by atoms with Gasteiger partial charge in [0.15, 0.2) is 0 Å². The molecule has 0 aromatic rings. The quantitative estimate of drug-likeness (QED) is 0.797. The van der Waals surface area contributed by atoms with Gasteiger partial charge in [0.2, 0.25) is 0 Å². The lowest BCUT2D eigenvalue weighted by Gasteiger charge is -2.36. The minimum Gasteiger partial charge on any atom is -0.316 e. The van der Waals surface area contributed by atoms with Gasteiger partial charge in [0, 0.05) is 13.1 Å². The van der Waals surface area contributed by atoms with Crippen molar-refractivity contribution in [1.82, 2.24) is 15.1 Å². The first-order valence-electron chi connectivity index (χ1n) is 7.32. The van der Waals surface area contributed by atoms with Crippen LogP contribution in [0.5, 0.6) is 0 Å². The van der Waals surface area contributed by atoms with Crippen LogP contribution in [0.1, 0.15) is 25.7 Å². The Bertz CT molecular complexity index is 204. The molecule has 2 aliphatic heterocycles. The summed E-state index contributed by atoms with van der Waals surface area (Å²) >= 11 is 0. The average molecular weight is 239 g/mol. The summed E-state index contributed by atoms with van der Waals surface area (Å²) in [4.78, 5) is 5.04. The first-order chi connectivity index (χ1) is 8.24. The first-order valence-corrected chi connectivity index (χ1v) is 7.32. The second-order valence-corrected chi connectivity index (χ2v) is 6.22. The second-order valence-electron chi connectivity index (χ2n) is 6.22. The molecule has 2 aliphatic rings. The smallest absolute Gasteiger partial charge is 0.00218 e. The van der Waals surface area contributed by atoms with Crippen LogP contribution >= 0.6 is 0 Å². The highest BCUT2D eigenvalue weighted by molar-refractivity contribution is 4.78. The Morgan fingerprint density at radius 3 is 2.47 bits per heavy atom. The molecule has 0 radical (unpaired) electrons. The maximum Gasteiger partial charge on any atom is 0.00218 e. The summed E-state index contributed by atoms with van der Waals surface area (Å²) in [6, 6.07) is 0. The van der Waals surface area contributed by atoms with Crippen LogP contribution in [0.25, 0.3) is 0 Å². The van der Waals surface area contributed by atoms with Gasteiger partial charge in [-0.15, -0.1) is 0 Å². The molecule has 2 fully saturated rings. The van der Waals surface area contributed by atoms with Gasteiger partial charge in [-0.2, -0.15) is 0 Å². The van der Waals surface area contributed by atoms with Gasteiger partial charge in [0.05, 0.1) is 0 Å². The summed E-state index contributed by atoms with van der Waals surface area (Å²) in [6.45, 7) is 7.75. The van der Waals surface area contributed by atoms with Crippen LogP contribution in [0.4, 0.5) is 0 Å². The van der Waals surface area contributed by atoms with Crippen molar-refractivity contribution >= 4 is 0 Å². The largest absolute Gasteiger partial charge is 0.316 e. The van der Waals surface area contributed by atoms with Gasteiger partial charge in [0.25, 0.3) is 0 Å². The lowest BCUT2D eigenvalue weighted by atomic mass is 9.94. The van der Waals surface area contributed by atoms with Crippen molar-refractivity contribution in [1.29, 1.82) is 0 Å². The highest BCUT2D eigenvalue weighted by atomic mass is 15.1. The molecule has 0 aliphatic carbocycles. The number of piperidine rings is 2. The van der Waals surface area contributed by atoms with E-state index in [1.807, 2.05) is 0 Å². The lowest BCUT2D eigenvalue weighted by molar-refractivity contribution is 0.136. The zero-order valence-corrected chi connectivity index (χ0v) is 11.6. The molecule has 3 nitrogen and oxygen atoms in total. The van der Waals surface area contributed by atoms with Crippen LogP contribution < -0.4 is 5.32 Å². The number of hydrogen-bond donors (Lipinski definition) is 1. The van der Waals surface area contributed by atoms with Crippen LogP contribution in [0.15, 0.2) is 0 Å². The zero-order valence-electron chi connectivity index (χ0n) is 11.6. The Balaban J connectivity index is 1.64. The fraction of sp³-hybridized carbons (Fsp3) is 1.00. The van der Waals surface area contributed by atoms with Crippen molar-refractivity contribution in [3.8, 4) is 0 Å². The van der Waals surface area contributed by atoms with Crippen molar-refractivity contribution in [2.24, 2.45) is 11.8 Å². The lowest BCUT2D eigenvalue weighted by Crippen LogP contribution is -2.42. The number of rotatable bonds is 4. The molecule has 17 heavy (non-hydrogen) atoms. The Morgan fingerprint density at radius 1 is 1.12 bits per heavy atom. The van der Waals surface area contributed by atoms with Gasteiger partial charge in [-0.05, 0) is 77.8 Å².